The predicted molar refractivity (Wildman–Crippen MR) is 73.3 cm³/mol. The fraction of sp³-hybridized carbons (Fsp3) is 0.357. The van der Waals surface area contributed by atoms with Crippen LogP contribution < -0.4 is 0 Å². The summed E-state index contributed by atoms with van der Waals surface area (Å²) in [6, 6.07) is 8.09. The molecular formula is C14H16ClNO2. The van der Waals surface area contributed by atoms with E-state index in [-0.39, 0.29) is 12.5 Å². The first-order valence-electron chi connectivity index (χ1n) is 6.00. The highest BCUT2D eigenvalue weighted by Gasteiger charge is 2.12. The maximum absolute atomic E-state index is 10.7. The van der Waals surface area contributed by atoms with E-state index in [1.807, 2.05) is 18.2 Å². The van der Waals surface area contributed by atoms with Crippen LogP contribution in [0, 0.1) is 0 Å². The molecule has 1 N–H and O–H groups in total. The molecule has 4 heteroatoms. The lowest BCUT2D eigenvalue weighted by molar-refractivity contribution is -0.136. The van der Waals surface area contributed by atoms with Crippen LogP contribution >= 0.6 is 11.6 Å². The third-order valence-electron chi connectivity index (χ3n) is 2.99. The van der Waals surface area contributed by atoms with Crippen molar-refractivity contribution in [3.05, 3.63) is 35.0 Å². The molecule has 0 aliphatic heterocycles. The molecule has 3 nitrogen and oxygen atoms in total. The standard InChI is InChI=1S/C14H16ClNO2/c1-9(2)16-12(5-6-14(17)18)7-10-3-4-11(15)8-13(10)16/h3-4,7-9H,5-6H2,1-2H3,(H,17,18). The second-order valence-corrected chi connectivity index (χ2v) is 5.13. The Labute approximate surface area is 111 Å². The number of rotatable bonds is 4. The van der Waals surface area contributed by atoms with E-state index in [4.69, 9.17) is 16.7 Å². The van der Waals surface area contributed by atoms with Gasteiger partial charge < -0.3 is 9.67 Å². The van der Waals surface area contributed by atoms with Crippen LogP contribution in [-0.4, -0.2) is 15.6 Å². The molecule has 18 heavy (non-hydrogen) atoms. The van der Waals surface area contributed by atoms with E-state index in [0.717, 1.165) is 16.6 Å². The highest BCUT2D eigenvalue weighted by Crippen LogP contribution is 2.27. The summed E-state index contributed by atoms with van der Waals surface area (Å²) >= 11 is 6.02. The van der Waals surface area contributed by atoms with Crippen LogP contribution in [-0.2, 0) is 11.2 Å². The number of fused-ring (bicyclic) bond motifs is 1. The van der Waals surface area contributed by atoms with Crippen LogP contribution in [0.4, 0.5) is 0 Å². The van der Waals surface area contributed by atoms with Gasteiger partial charge in [-0.1, -0.05) is 17.7 Å². The van der Waals surface area contributed by atoms with Crippen LogP contribution in [0.1, 0.15) is 32.0 Å². The van der Waals surface area contributed by atoms with E-state index >= 15 is 0 Å². The highest BCUT2D eigenvalue weighted by molar-refractivity contribution is 6.31. The fourth-order valence-corrected chi connectivity index (χ4v) is 2.46. The molecule has 0 unspecified atom stereocenters. The van der Waals surface area contributed by atoms with Crippen LogP contribution in [0.25, 0.3) is 10.9 Å². The van der Waals surface area contributed by atoms with Gasteiger partial charge in [0.2, 0.25) is 0 Å². The van der Waals surface area contributed by atoms with Crippen LogP contribution in [0.3, 0.4) is 0 Å². The SMILES string of the molecule is CC(C)n1c(CCC(=O)O)cc2ccc(Cl)cc21. The normalized spacial score (nSPS) is 11.3. The van der Waals surface area contributed by atoms with Crippen LogP contribution in [0.5, 0.6) is 0 Å². The molecule has 96 valence electrons. The minimum absolute atomic E-state index is 0.150. The molecule has 0 fully saturated rings. The largest absolute Gasteiger partial charge is 0.481 e. The van der Waals surface area contributed by atoms with Gasteiger partial charge in [0, 0.05) is 22.3 Å². The van der Waals surface area contributed by atoms with E-state index in [0.29, 0.717) is 11.4 Å². The average molecular weight is 266 g/mol. The number of carboxylic acids is 1. The quantitative estimate of drug-likeness (QED) is 0.911. The van der Waals surface area contributed by atoms with Crippen molar-refractivity contribution in [2.75, 3.05) is 0 Å². The molecule has 2 aromatic rings. The number of aromatic nitrogens is 1. The lowest BCUT2D eigenvalue weighted by Crippen LogP contribution is -2.07. The van der Waals surface area contributed by atoms with Gasteiger partial charge in [-0.15, -0.1) is 0 Å². The molecule has 1 aromatic carbocycles. The zero-order chi connectivity index (χ0) is 13.3. The number of carboxylic acid groups (broad SMARTS) is 1. The van der Waals surface area contributed by atoms with Gasteiger partial charge in [-0.05, 0) is 43.9 Å². The molecule has 1 aromatic heterocycles. The van der Waals surface area contributed by atoms with E-state index in [2.05, 4.69) is 24.5 Å². The van der Waals surface area contributed by atoms with Crippen molar-refractivity contribution in [1.29, 1.82) is 0 Å². The summed E-state index contributed by atoms with van der Waals surface area (Å²) in [6.07, 6.45) is 0.691. The zero-order valence-corrected chi connectivity index (χ0v) is 11.2. The fourth-order valence-electron chi connectivity index (χ4n) is 2.29. The van der Waals surface area contributed by atoms with Gasteiger partial charge in [0.25, 0.3) is 0 Å². The highest BCUT2D eigenvalue weighted by atomic mass is 35.5. The number of nitrogens with zero attached hydrogens (tertiary/aromatic N) is 1. The molecule has 0 amide bonds. The van der Waals surface area contributed by atoms with Crippen LogP contribution in [0.15, 0.2) is 24.3 Å². The monoisotopic (exact) mass is 265 g/mol. The van der Waals surface area contributed by atoms with Crippen molar-refractivity contribution < 1.29 is 9.90 Å². The topological polar surface area (TPSA) is 42.2 Å². The van der Waals surface area contributed by atoms with Gasteiger partial charge in [0.05, 0.1) is 6.42 Å². The molecule has 0 atom stereocenters. The Kier molecular flexibility index (Phi) is 3.62. The zero-order valence-electron chi connectivity index (χ0n) is 10.5. The van der Waals surface area contributed by atoms with Gasteiger partial charge in [-0.3, -0.25) is 4.79 Å². The Morgan fingerprint density at radius 3 is 2.72 bits per heavy atom. The Bertz CT molecular complexity index is 587. The number of carbonyl (C=O) groups is 1. The Morgan fingerprint density at radius 2 is 2.11 bits per heavy atom. The van der Waals surface area contributed by atoms with Crippen molar-refractivity contribution in [1.82, 2.24) is 4.57 Å². The van der Waals surface area contributed by atoms with E-state index < -0.39 is 5.97 Å². The Morgan fingerprint density at radius 1 is 1.39 bits per heavy atom. The van der Waals surface area contributed by atoms with Crippen molar-refractivity contribution in [3.8, 4) is 0 Å². The lowest BCUT2D eigenvalue weighted by atomic mass is 10.2. The van der Waals surface area contributed by atoms with Gasteiger partial charge in [0.1, 0.15) is 0 Å². The second-order valence-electron chi connectivity index (χ2n) is 4.70. The Balaban J connectivity index is 2.51. The molecule has 0 aliphatic rings. The van der Waals surface area contributed by atoms with Gasteiger partial charge >= 0.3 is 5.97 Å². The van der Waals surface area contributed by atoms with E-state index in [1.165, 1.54) is 0 Å². The van der Waals surface area contributed by atoms with E-state index in [9.17, 15) is 4.79 Å². The summed E-state index contributed by atoms with van der Waals surface area (Å²) in [5, 5.41) is 10.6. The molecule has 0 bridgehead atoms. The van der Waals surface area contributed by atoms with Crippen molar-refractivity contribution in [2.45, 2.75) is 32.7 Å². The summed E-state index contributed by atoms with van der Waals surface area (Å²) in [5.74, 6) is -0.770. The predicted octanol–water partition coefficient (Wildman–Crippen LogP) is 3.89. The van der Waals surface area contributed by atoms with Gasteiger partial charge in [0.15, 0.2) is 0 Å². The molecule has 2 rings (SSSR count). The maximum Gasteiger partial charge on any atom is 0.303 e. The third-order valence-corrected chi connectivity index (χ3v) is 3.23. The minimum Gasteiger partial charge on any atom is -0.481 e. The van der Waals surface area contributed by atoms with E-state index in [1.54, 1.807) is 0 Å². The summed E-state index contributed by atoms with van der Waals surface area (Å²) in [5.41, 5.74) is 2.11. The summed E-state index contributed by atoms with van der Waals surface area (Å²) in [7, 11) is 0. The lowest BCUT2D eigenvalue weighted by Gasteiger charge is -2.14. The van der Waals surface area contributed by atoms with Crippen molar-refractivity contribution >= 4 is 28.5 Å². The number of halogens is 1. The second kappa shape index (κ2) is 5.02. The number of benzene rings is 1. The molecule has 0 saturated heterocycles. The molecular weight excluding hydrogens is 250 g/mol. The molecule has 0 radical (unpaired) electrons. The third kappa shape index (κ3) is 2.51. The maximum atomic E-state index is 10.7. The summed E-state index contributed by atoms with van der Waals surface area (Å²) in [4.78, 5) is 10.7. The average Bonchev–Trinajstić information content (AvgIpc) is 2.63. The van der Waals surface area contributed by atoms with Gasteiger partial charge in [-0.25, -0.2) is 0 Å². The molecule has 0 spiro atoms. The smallest absolute Gasteiger partial charge is 0.303 e. The van der Waals surface area contributed by atoms with Gasteiger partial charge in [-0.2, -0.15) is 0 Å². The van der Waals surface area contributed by atoms with Crippen molar-refractivity contribution in [3.63, 3.8) is 0 Å². The first-order chi connectivity index (χ1) is 8.49. The number of aryl methyl sites for hydroxylation is 1. The van der Waals surface area contributed by atoms with Crippen LogP contribution in [0.2, 0.25) is 5.02 Å². The first-order valence-corrected chi connectivity index (χ1v) is 6.38. The minimum atomic E-state index is -0.770. The Hall–Kier alpha value is -1.48. The molecule has 0 saturated carbocycles. The summed E-state index contributed by atoms with van der Waals surface area (Å²) < 4.78 is 2.16. The number of aliphatic carboxylic acids is 1. The molecule has 1 heterocycles. The number of hydrogen-bond donors (Lipinski definition) is 1. The summed E-state index contributed by atoms with van der Waals surface area (Å²) in [6.45, 7) is 4.18. The van der Waals surface area contributed by atoms with Crippen molar-refractivity contribution in [2.24, 2.45) is 0 Å². The number of hydrogen-bond acceptors (Lipinski definition) is 1. The first kappa shape index (κ1) is 13.0. The molecule has 0 aliphatic carbocycles.